The van der Waals surface area contributed by atoms with Crippen molar-refractivity contribution in [1.29, 1.82) is 0 Å². The van der Waals surface area contributed by atoms with Crippen LogP contribution in [-0.2, 0) is 42.7 Å². The van der Waals surface area contributed by atoms with Gasteiger partial charge >= 0.3 is 5.97 Å². The van der Waals surface area contributed by atoms with E-state index in [1.165, 1.54) is 21.1 Å². The van der Waals surface area contributed by atoms with E-state index in [9.17, 15) is 30.0 Å². The molecule has 3 rings (SSSR count). The second kappa shape index (κ2) is 17.7. The molecule has 0 bridgehead atoms. The van der Waals surface area contributed by atoms with Gasteiger partial charge in [0.1, 0.15) is 29.7 Å². The number of esters is 1. The van der Waals surface area contributed by atoms with Crippen molar-refractivity contribution >= 4 is 11.8 Å². The number of aliphatic hydroxyl groups is 4. The number of ketones is 1. The van der Waals surface area contributed by atoms with Crippen LogP contribution in [0.2, 0.25) is 0 Å². The van der Waals surface area contributed by atoms with Gasteiger partial charge < -0.3 is 58.5 Å². The normalized spacial score (nSPS) is 49.0. The van der Waals surface area contributed by atoms with Gasteiger partial charge in [-0.3, -0.25) is 9.59 Å². The maximum Gasteiger partial charge on any atom is 0.311 e. The summed E-state index contributed by atoms with van der Waals surface area (Å²) in [7, 11) is 6.77. The van der Waals surface area contributed by atoms with E-state index in [1.54, 1.807) is 48.5 Å². The van der Waals surface area contributed by atoms with Crippen molar-refractivity contribution in [3.8, 4) is 0 Å². The molecule has 0 aromatic rings. The van der Waals surface area contributed by atoms with Gasteiger partial charge in [-0.1, -0.05) is 27.7 Å². The number of likely N-dealkylation sites (N-methyl/N-ethyl adjacent to an activating group) is 1. The zero-order valence-corrected chi connectivity index (χ0v) is 33.9. The smallest absolute Gasteiger partial charge is 0.311 e. The van der Waals surface area contributed by atoms with Crippen LogP contribution >= 0.6 is 0 Å². The highest BCUT2D eigenvalue weighted by Gasteiger charge is 2.54. The average Bonchev–Trinajstić information content (AvgIpc) is 3.09. The fourth-order valence-corrected chi connectivity index (χ4v) is 8.58. The Morgan fingerprint density at radius 2 is 1.44 bits per heavy atom. The summed E-state index contributed by atoms with van der Waals surface area (Å²) in [5, 5.41) is 45.6. The molecule has 3 fully saturated rings. The van der Waals surface area contributed by atoms with Gasteiger partial charge in [-0.25, -0.2) is 0 Å². The Hall–Kier alpha value is -1.30. The first-order chi connectivity index (χ1) is 24.0. The molecule has 3 aliphatic heterocycles. The van der Waals surface area contributed by atoms with Crippen LogP contribution in [0.5, 0.6) is 0 Å². The van der Waals surface area contributed by atoms with Crippen molar-refractivity contribution in [2.24, 2.45) is 23.7 Å². The molecule has 0 saturated carbocycles. The number of hydrogen-bond donors (Lipinski definition) is 4. The molecule has 0 spiro atoms. The molecule has 2 unspecified atom stereocenters. The van der Waals surface area contributed by atoms with Crippen molar-refractivity contribution in [3.63, 3.8) is 0 Å². The number of Topliss-reactive ketones (excluding diaryl/α,β-unsaturated/α-hetero) is 1. The summed E-state index contributed by atoms with van der Waals surface area (Å²) >= 11 is 0. The third-order valence-corrected chi connectivity index (χ3v) is 12.3. The highest BCUT2D eigenvalue weighted by atomic mass is 16.7. The number of nitrogens with zero attached hydrogens (tertiary/aromatic N) is 1. The Balaban J connectivity index is 2.22. The largest absolute Gasteiger partial charge is 0.459 e. The zero-order valence-electron chi connectivity index (χ0n) is 33.9. The Morgan fingerprint density at radius 3 is 1.98 bits per heavy atom. The average molecular weight is 748 g/mol. The van der Waals surface area contributed by atoms with Crippen molar-refractivity contribution in [2.75, 3.05) is 28.3 Å². The maximum absolute atomic E-state index is 14.2. The molecule has 52 heavy (non-hydrogen) atoms. The van der Waals surface area contributed by atoms with Crippen LogP contribution in [0.1, 0.15) is 94.9 Å². The minimum absolute atomic E-state index is 0.111. The number of cyclic esters (lactones) is 1. The molecule has 0 aliphatic carbocycles. The molecular formula is C38H69NO13. The molecule has 0 aromatic heterocycles. The van der Waals surface area contributed by atoms with Crippen molar-refractivity contribution in [3.05, 3.63) is 0 Å². The van der Waals surface area contributed by atoms with Crippen LogP contribution in [0.4, 0.5) is 0 Å². The van der Waals surface area contributed by atoms with E-state index < -0.39 is 102 Å². The first-order valence-electron chi connectivity index (χ1n) is 18.9. The van der Waals surface area contributed by atoms with Crippen LogP contribution in [-0.4, -0.2) is 150 Å². The maximum atomic E-state index is 14.2. The topological polar surface area (TPSA) is 183 Å². The van der Waals surface area contributed by atoms with Gasteiger partial charge in [0.05, 0.1) is 47.6 Å². The van der Waals surface area contributed by atoms with Crippen LogP contribution in [0, 0.1) is 23.7 Å². The van der Waals surface area contributed by atoms with E-state index in [-0.39, 0.29) is 37.2 Å². The van der Waals surface area contributed by atoms with Gasteiger partial charge in [-0.2, -0.15) is 0 Å². The zero-order chi connectivity index (χ0) is 39.7. The lowest BCUT2D eigenvalue weighted by atomic mass is 9.74. The molecular weight excluding hydrogens is 678 g/mol. The Bertz CT molecular complexity index is 1190. The summed E-state index contributed by atoms with van der Waals surface area (Å²) in [5.74, 6) is -4.47. The van der Waals surface area contributed by atoms with Crippen LogP contribution in [0.25, 0.3) is 0 Å². The highest BCUT2D eigenvalue weighted by Crippen LogP contribution is 2.41. The summed E-state index contributed by atoms with van der Waals surface area (Å²) in [6, 6.07) is -0.283. The van der Waals surface area contributed by atoms with Gasteiger partial charge in [0.2, 0.25) is 0 Å². The monoisotopic (exact) mass is 747 g/mol. The fourth-order valence-electron chi connectivity index (χ4n) is 8.58. The third-order valence-electron chi connectivity index (χ3n) is 12.3. The second-order valence-electron chi connectivity index (χ2n) is 16.6. The molecule has 4 N–H and O–H groups in total. The van der Waals surface area contributed by atoms with Crippen LogP contribution in [0.3, 0.4) is 0 Å². The predicted molar refractivity (Wildman–Crippen MR) is 191 cm³/mol. The molecule has 3 aliphatic rings. The number of rotatable bonds is 8. The van der Waals surface area contributed by atoms with E-state index in [2.05, 4.69) is 0 Å². The molecule has 18 atom stereocenters. The number of carbonyl (C=O) groups excluding carboxylic acids is 2. The van der Waals surface area contributed by atoms with E-state index in [4.69, 9.17) is 33.2 Å². The molecule has 0 radical (unpaired) electrons. The molecule has 3 saturated heterocycles. The highest BCUT2D eigenvalue weighted by molar-refractivity contribution is 5.83. The lowest BCUT2D eigenvalue weighted by molar-refractivity contribution is -0.319. The van der Waals surface area contributed by atoms with Crippen molar-refractivity contribution in [1.82, 2.24) is 4.90 Å². The minimum atomic E-state index is -1.96. The Kier molecular flexibility index (Phi) is 15.3. The van der Waals surface area contributed by atoms with Crippen LogP contribution < -0.4 is 0 Å². The number of carbonyl (C=O) groups is 2. The molecule has 14 heteroatoms. The van der Waals surface area contributed by atoms with E-state index in [0.717, 1.165) is 0 Å². The molecule has 0 aromatic carbocycles. The van der Waals surface area contributed by atoms with Gasteiger partial charge in [0, 0.05) is 44.4 Å². The molecule has 0 amide bonds. The number of hydrogen-bond acceptors (Lipinski definition) is 14. The lowest BCUT2D eigenvalue weighted by Crippen LogP contribution is -2.61. The molecule has 304 valence electrons. The van der Waals surface area contributed by atoms with Crippen LogP contribution in [0.15, 0.2) is 0 Å². The fraction of sp³-hybridized carbons (Fsp3) is 0.947. The van der Waals surface area contributed by atoms with E-state index in [1.807, 2.05) is 32.8 Å². The summed E-state index contributed by atoms with van der Waals surface area (Å²) in [6.45, 7) is 17.1. The number of methoxy groups -OCH3 is 2. The Labute approximate surface area is 310 Å². The Morgan fingerprint density at radius 1 is 0.846 bits per heavy atom. The lowest BCUT2D eigenvalue weighted by Gasteiger charge is -2.50. The number of ether oxygens (including phenoxy) is 7. The summed E-state index contributed by atoms with van der Waals surface area (Å²) in [5.41, 5.74) is -4.24. The van der Waals surface area contributed by atoms with Gasteiger partial charge in [0.15, 0.2) is 12.6 Å². The first-order valence-corrected chi connectivity index (χ1v) is 18.9. The quantitative estimate of drug-likeness (QED) is 0.266. The van der Waals surface area contributed by atoms with E-state index in [0.29, 0.717) is 6.42 Å². The van der Waals surface area contributed by atoms with E-state index >= 15 is 0 Å². The van der Waals surface area contributed by atoms with Gasteiger partial charge in [-0.15, -0.1) is 0 Å². The second-order valence-corrected chi connectivity index (χ2v) is 16.6. The molecule has 3 heterocycles. The standard InChI is InChI=1S/C38H69NO13/c1-15-26-38(10,45)31(42)21(4)28(40)19(2)17-37(9,47-14)33(52-35-29(41)25(39(11)12)16-20(3)48-35)22(5)30(23(6)34(44)50-26)51-27-18-36(8,46-13)32(43)24(7)49-27/h19-27,29-33,35,41-43,45H,15-18H2,1-14H3/t19-,20-,21-,22-,23-,24+,25?,26-,27+,29+,30+,31?,32+,33-,35-,36-,37-,38-/m1/s1. The summed E-state index contributed by atoms with van der Waals surface area (Å²) < 4.78 is 43.9. The number of aliphatic hydroxyl groups excluding tert-OH is 3. The SMILES string of the molecule is CC[C@H]1OC(=O)[C@H](C)[C@@H](O[C@H]2C[C@@](C)(OC)[C@@H](O)[C@H](C)O2)[C@@H](C)[C@@H](O[C@H]2O[C@H](C)CC(N(C)C)[C@@H]2O)[C@](C)(OC)C[C@@H](C)C(=O)[C@@H](C)C(O)[C@]1(C)O. The predicted octanol–water partition coefficient (Wildman–Crippen LogP) is 2.44. The molecule has 14 nitrogen and oxygen atoms in total. The summed E-state index contributed by atoms with van der Waals surface area (Å²) in [6.07, 6.45) is -8.73. The van der Waals surface area contributed by atoms with Gasteiger partial charge in [0.25, 0.3) is 0 Å². The van der Waals surface area contributed by atoms with Crippen molar-refractivity contribution < 1.29 is 63.2 Å². The van der Waals surface area contributed by atoms with Gasteiger partial charge in [-0.05, 0) is 74.9 Å². The third kappa shape index (κ3) is 9.38. The minimum Gasteiger partial charge on any atom is -0.459 e. The van der Waals surface area contributed by atoms with Crippen molar-refractivity contribution in [2.45, 2.75) is 179 Å². The summed E-state index contributed by atoms with van der Waals surface area (Å²) in [4.78, 5) is 30.1. The first kappa shape index (κ1) is 45.1.